The average Bonchev–Trinajstić information content (AvgIpc) is 2.72. The highest BCUT2D eigenvalue weighted by molar-refractivity contribution is 9.10. The van der Waals surface area contributed by atoms with E-state index in [4.69, 9.17) is 5.11 Å². The van der Waals surface area contributed by atoms with E-state index < -0.39 is 18.5 Å². The number of benzene rings is 1. The molecule has 0 bridgehead atoms. The van der Waals surface area contributed by atoms with Gasteiger partial charge < -0.3 is 5.11 Å². The Morgan fingerprint density at radius 2 is 2.06 bits per heavy atom. The first-order chi connectivity index (χ1) is 8.43. The van der Waals surface area contributed by atoms with E-state index in [-0.39, 0.29) is 11.3 Å². The normalized spacial score (nSPS) is 11.8. The topological polar surface area (TPSA) is 38.1 Å². The van der Waals surface area contributed by atoms with Crippen LogP contribution < -0.4 is 0 Å². The van der Waals surface area contributed by atoms with E-state index in [1.165, 1.54) is 12.1 Å². The van der Waals surface area contributed by atoms with Crippen molar-refractivity contribution >= 4 is 15.9 Å². The Balaban J connectivity index is 2.62. The van der Waals surface area contributed by atoms with Crippen LogP contribution in [0.1, 0.15) is 11.3 Å². The van der Waals surface area contributed by atoms with Gasteiger partial charge in [-0.15, -0.1) is 0 Å². The average molecular weight is 321 g/mol. The lowest BCUT2D eigenvalue weighted by Crippen LogP contribution is -2.15. The Morgan fingerprint density at radius 3 is 2.61 bits per heavy atom. The summed E-state index contributed by atoms with van der Waals surface area (Å²) < 4.78 is 40.2. The third kappa shape index (κ3) is 2.41. The van der Waals surface area contributed by atoms with Crippen molar-refractivity contribution in [2.75, 3.05) is 0 Å². The maximum atomic E-state index is 12.9. The quantitative estimate of drug-likeness (QED) is 0.923. The van der Waals surface area contributed by atoms with Crippen LogP contribution in [0.3, 0.4) is 0 Å². The Morgan fingerprint density at radius 1 is 1.33 bits per heavy atom. The molecule has 1 heterocycles. The van der Waals surface area contributed by atoms with E-state index in [1.807, 2.05) is 0 Å². The third-order valence-corrected chi connectivity index (χ3v) is 2.83. The number of hydrogen-bond acceptors (Lipinski definition) is 2. The SMILES string of the molecule is OCc1cnn(-c2cccc(Br)c2)c1C(F)(F)F. The number of aliphatic hydroxyl groups is 1. The van der Waals surface area contributed by atoms with Gasteiger partial charge in [0, 0.05) is 10.0 Å². The van der Waals surface area contributed by atoms with Crippen molar-refractivity contribution in [1.82, 2.24) is 9.78 Å². The molecule has 0 radical (unpaired) electrons. The number of hydrogen-bond donors (Lipinski definition) is 1. The third-order valence-electron chi connectivity index (χ3n) is 2.34. The minimum Gasteiger partial charge on any atom is -0.392 e. The Kier molecular flexibility index (Phi) is 3.45. The van der Waals surface area contributed by atoms with Gasteiger partial charge in [0.1, 0.15) is 0 Å². The monoisotopic (exact) mass is 320 g/mol. The van der Waals surface area contributed by atoms with Gasteiger partial charge in [0.2, 0.25) is 0 Å². The molecule has 1 aromatic heterocycles. The minimum absolute atomic E-state index is 0.248. The van der Waals surface area contributed by atoms with E-state index in [9.17, 15) is 13.2 Å². The van der Waals surface area contributed by atoms with E-state index in [2.05, 4.69) is 21.0 Å². The summed E-state index contributed by atoms with van der Waals surface area (Å²) in [6.45, 7) is -0.706. The molecule has 0 amide bonds. The van der Waals surface area contributed by atoms with Gasteiger partial charge in [-0.2, -0.15) is 18.3 Å². The number of alkyl halides is 3. The minimum atomic E-state index is -4.57. The summed E-state index contributed by atoms with van der Waals surface area (Å²) in [7, 11) is 0. The Labute approximate surface area is 109 Å². The summed E-state index contributed by atoms with van der Waals surface area (Å²) in [6, 6.07) is 6.34. The van der Waals surface area contributed by atoms with Crippen molar-refractivity contribution in [1.29, 1.82) is 0 Å². The van der Waals surface area contributed by atoms with Crippen molar-refractivity contribution in [3.63, 3.8) is 0 Å². The van der Waals surface area contributed by atoms with Gasteiger partial charge in [-0.1, -0.05) is 22.0 Å². The van der Waals surface area contributed by atoms with Crippen LogP contribution in [0.25, 0.3) is 5.69 Å². The van der Waals surface area contributed by atoms with Crippen molar-refractivity contribution in [2.45, 2.75) is 12.8 Å². The molecule has 0 saturated heterocycles. The molecule has 2 aromatic rings. The molecule has 0 spiro atoms. The Hall–Kier alpha value is -1.34. The summed E-state index contributed by atoms with van der Waals surface area (Å²) in [5, 5.41) is 12.6. The highest BCUT2D eigenvalue weighted by Gasteiger charge is 2.38. The molecule has 1 N–H and O–H groups in total. The maximum absolute atomic E-state index is 12.9. The van der Waals surface area contributed by atoms with Crippen LogP contribution in [0.2, 0.25) is 0 Å². The highest BCUT2D eigenvalue weighted by Crippen LogP contribution is 2.33. The van der Waals surface area contributed by atoms with Crippen molar-refractivity contribution in [2.24, 2.45) is 0 Å². The Bertz CT molecular complexity index is 566. The standard InChI is InChI=1S/C11H8BrF3N2O/c12-8-2-1-3-9(4-8)17-10(11(13,14)15)7(6-18)5-16-17/h1-5,18H,6H2. The van der Waals surface area contributed by atoms with Gasteiger partial charge in [0.15, 0.2) is 5.69 Å². The zero-order chi connectivity index (χ0) is 13.3. The number of halogens is 4. The molecular weight excluding hydrogens is 313 g/mol. The van der Waals surface area contributed by atoms with Gasteiger partial charge in [-0.05, 0) is 18.2 Å². The molecule has 2 rings (SSSR count). The maximum Gasteiger partial charge on any atom is 0.433 e. The van der Waals surface area contributed by atoms with Crippen molar-refractivity contribution in [3.8, 4) is 5.69 Å². The lowest BCUT2D eigenvalue weighted by molar-refractivity contribution is -0.143. The first-order valence-corrected chi connectivity index (χ1v) is 5.73. The fraction of sp³-hybridized carbons (Fsp3) is 0.182. The van der Waals surface area contributed by atoms with E-state index in [0.717, 1.165) is 10.9 Å². The summed E-state index contributed by atoms with van der Waals surface area (Å²) in [5.41, 5.74) is -0.929. The first kappa shape index (κ1) is 13.1. The molecule has 0 fully saturated rings. The van der Waals surface area contributed by atoms with Gasteiger partial charge >= 0.3 is 6.18 Å². The lowest BCUT2D eigenvalue weighted by atomic mass is 10.2. The number of nitrogens with zero attached hydrogens (tertiary/aromatic N) is 2. The summed E-state index contributed by atoms with van der Waals surface area (Å²) in [6.07, 6.45) is -3.55. The molecule has 0 unspecified atom stereocenters. The van der Waals surface area contributed by atoms with E-state index in [0.29, 0.717) is 4.47 Å². The van der Waals surface area contributed by atoms with Crippen LogP contribution in [0.4, 0.5) is 13.2 Å². The lowest BCUT2D eigenvalue weighted by Gasteiger charge is -2.12. The van der Waals surface area contributed by atoms with Crippen LogP contribution in [0.5, 0.6) is 0 Å². The highest BCUT2D eigenvalue weighted by atomic mass is 79.9. The second-order valence-corrected chi connectivity index (χ2v) is 4.48. The van der Waals surface area contributed by atoms with Gasteiger partial charge in [-0.25, -0.2) is 4.68 Å². The van der Waals surface area contributed by atoms with Crippen LogP contribution in [0, 0.1) is 0 Å². The molecule has 0 aliphatic heterocycles. The van der Waals surface area contributed by atoms with Crippen molar-refractivity contribution in [3.05, 3.63) is 46.2 Å². The molecule has 18 heavy (non-hydrogen) atoms. The predicted molar refractivity (Wildman–Crippen MR) is 62.2 cm³/mol. The second kappa shape index (κ2) is 4.74. The first-order valence-electron chi connectivity index (χ1n) is 4.94. The van der Waals surface area contributed by atoms with Crippen molar-refractivity contribution < 1.29 is 18.3 Å². The van der Waals surface area contributed by atoms with E-state index >= 15 is 0 Å². The van der Waals surface area contributed by atoms with Crippen LogP contribution in [-0.2, 0) is 12.8 Å². The summed E-state index contributed by atoms with van der Waals surface area (Å²) in [4.78, 5) is 0. The number of aliphatic hydroxyl groups excluding tert-OH is 1. The summed E-state index contributed by atoms with van der Waals surface area (Å²) >= 11 is 3.19. The molecule has 7 heteroatoms. The molecule has 0 atom stereocenters. The molecule has 96 valence electrons. The van der Waals surface area contributed by atoms with Gasteiger partial charge in [0.05, 0.1) is 18.5 Å². The number of aromatic nitrogens is 2. The zero-order valence-electron chi connectivity index (χ0n) is 8.95. The van der Waals surface area contributed by atoms with Crippen LogP contribution in [0.15, 0.2) is 34.9 Å². The van der Waals surface area contributed by atoms with Gasteiger partial charge in [-0.3, -0.25) is 0 Å². The molecular formula is C11H8BrF3N2O. The van der Waals surface area contributed by atoms with Gasteiger partial charge in [0.25, 0.3) is 0 Å². The molecule has 1 aromatic carbocycles. The fourth-order valence-corrected chi connectivity index (χ4v) is 1.99. The predicted octanol–water partition coefficient (Wildman–Crippen LogP) is 3.15. The van der Waals surface area contributed by atoms with E-state index in [1.54, 1.807) is 12.1 Å². The number of rotatable bonds is 2. The second-order valence-electron chi connectivity index (χ2n) is 3.57. The largest absolute Gasteiger partial charge is 0.433 e. The fourth-order valence-electron chi connectivity index (χ4n) is 1.60. The molecule has 3 nitrogen and oxygen atoms in total. The zero-order valence-corrected chi connectivity index (χ0v) is 10.5. The molecule has 0 aliphatic rings. The summed E-state index contributed by atoms with van der Waals surface area (Å²) in [5.74, 6) is 0. The van der Waals surface area contributed by atoms with Crippen LogP contribution >= 0.6 is 15.9 Å². The molecule has 0 saturated carbocycles. The molecule has 0 aliphatic carbocycles. The van der Waals surface area contributed by atoms with Crippen LogP contribution in [-0.4, -0.2) is 14.9 Å². The smallest absolute Gasteiger partial charge is 0.392 e.